The minimum atomic E-state index is -3.57. The van der Waals surface area contributed by atoms with Crippen LogP contribution in [0.15, 0.2) is 47.4 Å². The van der Waals surface area contributed by atoms with Crippen molar-refractivity contribution in [2.45, 2.75) is 63.8 Å². The fourth-order valence-corrected chi connectivity index (χ4v) is 6.58. The Bertz CT molecular complexity index is 1180. The van der Waals surface area contributed by atoms with Gasteiger partial charge >= 0.3 is 0 Å². The highest BCUT2D eigenvalue weighted by Crippen LogP contribution is 2.29. The molecule has 0 aromatic heterocycles. The van der Waals surface area contributed by atoms with Gasteiger partial charge in [-0.1, -0.05) is 19.4 Å². The molecule has 1 N–H and O–H groups in total. The van der Waals surface area contributed by atoms with Crippen molar-refractivity contribution in [3.05, 3.63) is 53.6 Å². The number of rotatable bonds is 6. The lowest BCUT2D eigenvalue weighted by Gasteiger charge is -2.34. The van der Waals surface area contributed by atoms with Crippen molar-refractivity contribution in [2.75, 3.05) is 23.3 Å². The van der Waals surface area contributed by atoms with Gasteiger partial charge in [0.2, 0.25) is 21.8 Å². The molecule has 0 aliphatic carbocycles. The van der Waals surface area contributed by atoms with E-state index in [1.165, 1.54) is 0 Å². The van der Waals surface area contributed by atoms with Crippen LogP contribution >= 0.6 is 0 Å². The Morgan fingerprint density at radius 2 is 1.79 bits per heavy atom. The van der Waals surface area contributed by atoms with Crippen LogP contribution in [0.25, 0.3) is 0 Å². The van der Waals surface area contributed by atoms with Gasteiger partial charge in [0, 0.05) is 36.9 Å². The Morgan fingerprint density at radius 3 is 2.47 bits per heavy atom. The first-order chi connectivity index (χ1) is 16.2. The third-order valence-electron chi connectivity index (χ3n) is 7.07. The molecule has 0 saturated carbocycles. The maximum atomic E-state index is 13.1. The highest BCUT2D eigenvalue weighted by Gasteiger charge is 2.36. The smallest absolute Gasteiger partial charge is 0.243 e. The Morgan fingerprint density at radius 1 is 1.06 bits per heavy atom. The predicted octanol–water partition coefficient (Wildman–Crippen LogP) is 4.25. The normalized spacial score (nSPS) is 21.6. The number of benzene rings is 2. The van der Waals surface area contributed by atoms with Gasteiger partial charge in [0.1, 0.15) is 0 Å². The molecule has 7 nitrogen and oxygen atoms in total. The van der Waals surface area contributed by atoms with Gasteiger partial charge in [0.25, 0.3) is 0 Å². The van der Waals surface area contributed by atoms with Crippen LogP contribution in [0.3, 0.4) is 0 Å². The van der Waals surface area contributed by atoms with Crippen molar-refractivity contribution in [2.24, 2.45) is 5.92 Å². The summed E-state index contributed by atoms with van der Waals surface area (Å²) in [6.45, 7) is 6.92. The zero-order valence-corrected chi connectivity index (χ0v) is 20.9. The van der Waals surface area contributed by atoms with Crippen LogP contribution < -0.4 is 10.2 Å². The number of carbonyl (C=O) groups is 2. The molecule has 0 radical (unpaired) electrons. The lowest BCUT2D eigenvalue weighted by atomic mass is 10.0. The van der Waals surface area contributed by atoms with Crippen molar-refractivity contribution in [3.63, 3.8) is 0 Å². The molecule has 2 atom stereocenters. The molecular weight excluding hydrogens is 450 g/mol. The number of piperidine rings is 1. The van der Waals surface area contributed by atoms with Crippen molar-refractivity contribution >= 4 is 33.2 Å². The monoisotopic (exact) mass is 483 g/mol. The van der Waals surface area contributed by atoms with Crippen molar-refractivity contribution < 1.29 is 18.0 Å². The van der Waals surface area contributed by atoms with Gasteiger partial charge in [0.05, 0.1) is 10.8 Å². The molecule has 182 valence electrons. The summed E-state index contributed by atoms with van der Waals surface area (Å²) < 4.78 is 27.9. The summed E-state index contributed by atoms with van der Waals surface area (Å²) in [4.78, 5) is 27.3. The van der Waals surface area contributed by atoms with E-state index in [0.29, 0.717) is 18.8 Å². The Hall–Kier alpha value is -2.71. The van der Waals surface area contributed by atoms with Crippen LogP contribution in [0.4, 0.5) is 11.4 Å². The second kappa shape index (κ2) is 9.88. The van der Waals surface area contributed by atoms with E-state index in [1.807, 2.05) is 39.0 Å². The lowest BCUT2D eigenvalue weighted by molar-refractivity contribution is -0.122. The molecule has 2 saturated heterocycles. The SMILES string of the molecule is CCC1CCCCN1S(=O)(=O)c1ccc(NC(=O)C2CC(=O)N(c3ccc(C)c(C)c3)C2)cc1. The molecule has 2 aromatic carbocycles. The summed E-state index contributed by atoms with van der Waals surface area (Å²) in [5.41, 5.74) is 3.58. The maximum Gasteiger partial charge on any atom is 0.243 e. The molecule has 2 heterocycles. The largest absolute Gasteiger partial charge is 0.326 e. The zero-order chi connectivity index (χ0) is 24.5. The van der Waals surface area contributed by atoms with Crippen LogP contribution in [0.1, 0.15) is 50.2 Å². The van der Waals surface area contributed by atoms with Crippen LogP contribution in [0.5, 0.6) is 0 Å². The van der Waals surface area contributed by atoms with E-state index in [1.54, 1.807) is 33.5 Å². The zero-order valence-electron chi connectivity index (χ0n) is 20.1. The number of carbonyl (C=O) groups excluding carboxylic acids is 2. The molecule has 2 aliphatic heterocycles. The quantitative estimate of drug-likeness (QED) is 0.666. The number of hydrogen-bond acceptors (Lipinski definition) is 4. The highest BCUT2D eigenvalue weighted by molar-refractivity contribution is 7.89. The van der Waals surface area contributed by atoms with Gasteiger partial charge in [0.15, 0.2) is 0 Å². The Kier molecular flexibility index (Phi) is 7.09. The molecule has 34 heavy (non-hydrogen) atoms. The minimum Gasteiger partial charge on any atom is -0.326 e. The predicted molar refractivity (Wildman–Crippen MR) is 133 cm³/mol. The van der Waals surface area contributed by atoms with Crippen LogP contribution in [-0.2, 0) is 19.6 Å². The lowest BCUT2D eigenvalue weighted by Crippen LogP contribution is -2.43. The van der Waals surface area contributed by atoms with E-state index < -0.39 is 15.9 Å². The summed E-state index contributed by atoms with van der Waals surface area (Å²) in [6, 6.07) is 12.2. The van der Waals surface area contributed by atoms with Gasteiger partial charge in [-0.25, -0.2) is 8.42 Å². The van der Waals surface area contributed by atoms with E-state index >= 15 is 0 Å². The van der Waals surface area contributed by atoms with Gasteiger partial charge in [-0.15, -0.1) is 0 Å². The van der Waals surface area contributed by atoms with Gasteiger partial charge < -0.3 is 10.2 Å². The second-order valence-corrected chi connectivity index (χ2v) is 11.3. The van der Waals surface area contributed by atoms with Crippen molar-refractivity contribution in [1.29, 1.82) is 0 Å². The first-order valence-electron chi connectivity index (χ1n) is 12.0. The Balaban J connectivity index is 1.42. The van der Waals surface area contributed by atoms with Crippen LogP contribution in [0.2, 0.25) is 0 Å². The van der Waals surface area contributed by atoms with Crippen LogP contribution in [0, 0.1) is 19.8 Å². The first-order valence-corrected chi connectivity index (χ1v) is 13.4. The average molecular weight is 484 g/mol. The number of anilines is 2. The van der Waals surface area contributed by atoms with E-state index in [9.17, 15) is 18.0 Å². The fraction of sp³-hybridized carbons (Fsp3) is 0.462. The van der Waals surface area contributed by atoms with E-state index in [-0.39, 0.29) is 29.2 Å². The van der Waals surface area contributed by atoms with E-state index in [0.717, 1.165) is 42.5 Å². The molecule has 2 amide bonds. The third-order valence-corrected chi connectivity index (χ3v) is 9.04. The topological polar surface area (TPSA) is 86.8 Å². The minimum absolute atomic E-state index is 0.0401. The van der Waals surface area contributed by atoms with Gasteiger partial charge in [-0.2, -0.15) is 4.31 Å². The third kappa shape index (κ3) is 4.88. The Labute approximate surface area is 202 Å². The van der Waals surface area contributed by atoms with Gasteiger partial charge in [-0.05, 0) is 80.6 Å². The standard InChI is InChI=1S/C26H33N3O4S/c1-4-22-7-5-6-14-29(22)34(32,33)24-12-9-21(10-13-24)27-26(31)20-16-25(30)28(17-20)23-11-8-18(2)19(3)15-23/h8-13,15,20,22H,4-7,14,16-17H2,1-3H3,(H,27,31). The number of nitrogens with zero attached hydrogens (tertiary/aromatic N) is 2. The number of aryl methyl sites for hydroxylation is 2. The maximum absolute atomic E-state index is 13.1. The van der Waals surface area contributed by atoms with E-state index in [4.69, 9.17) is 0 Å². The summed E-state index contributed by atoms with van der Waals surface area (Å²) in [5, 5.41) is 2.85. The van der Waals surface area contributed by atoms with Crippen molar-refractivity contribution in [3.8, 4) is 0 Å². The number of amides is 2. The number of hydrogen-bond donors (Lipinski definition) is 1. The molecule has 2 unspecified atom stereocenters. The van der Waals surface area contributed by atoms with Crippen LogP contribution in [-0.4, -0.2) is 43.7 Å². The highest BCUT2D eigenvalue weighted by atomic mass is 32.2. The summed E-state index contributed by atoms with van der Waals surface area (Å²) in [5.74, 6) is -0.773. The summed E-state index contributed by atoms with van der Waals surface area (Å²) in [6.07, 6.45) is 3.78. The van der Waals surface area contributed by atoms with E-state index in [2.05, 4.69) is 5.32 Å². The molecule has 0 spiro atoms. The molecule has 2 fully saturated rings. The molecule has 2 aliphatic rings. The average Bonchev–Trinajstić information content (AvgIpc) is 3.23. The molecule has 8 heteroatoms. The number of nitrogens with one attached hydrogen (secondary N) is 1. The van der Waals surface area contributed by atoms with Gasteiger partial charge in [-0.3, -0.25) is 9.59 Å². The summed E-state index contributed by atoms with van der Waals surface area (Å²) >= 11 is 0. The molecule has 0 bridgehead atoms. The molecule has 4 rings (SSSR count). The summed E-state index contributed by atoms with van der Waals surface area (Å²) in [7, 11) is -3.57. The first kappa shape index (κ1) is 24.4. The molecular formula is C26H33N3O4S. The molecule has 2 aromatic rings. The van der Waals surface area contributed by atoms with Crippen molar-refractivity contribution in [1.82, 2.24) is 4.31 Å². The number of sulfonamides is 1. The fourth-order valence-electron chi connectivity index (χ4n) is 4.81. The second-order valence-electron chi connectivity index (χ2n) is 9.36.